The number of nitrogens with zero attached hydrogens (tertiary/aromatic N) is 4. The Hall–Kier alpha value is -0.850. The van der Waals surface area contributed by atoms with Gasteiger partial charge in [0, 0.05) is 25.7 Å². The molecule has 0 unspecified atom stereocenters. The van der Waals surface area contributed by atoms with Crippen molar-refractivity contribution in [3.63, 3.8) is 0 Å². The van der Waals surface area contributed by atoms with Crippen molar-refractivity contribution in [1.82, 2.24) is 14.9 Å². The van der Waals surface area contributed by atoms with Crippen molar-refractivity contribution in [2.24, 2.45) is 5.73 Å². The Bertz CT molecular complexity index is 401. The van der Waals surface area contributed by atoms with Crippen molar-refractivity contribution in [2.75, 3.05) is 50.4 Å². The number of rotatable bonds is 6. The third-order valence-corrected chi connectivity index (χ3v) is 4.32. The van der Waals surface area contributed by atoms with Crippen molar-refractivity contribution in [2.45, 2.75) is 24.3 Å². The zero-order valence-electron chi connectivity index (χ0n) is 12.3. The van der Waals surface area contributed by atoms with Gasteiger partial charge in [-0.05, 0) is 45.2 Å². The summed E-state index contributed by atoms with van der Waals surface area (Å²) >= 11 is 1.67. The van der Waals surface area contributed by atoms with Crippen molar-refractivity contribution in [3.05, 3.63) is 12.4 Å². The van der Waals surface area contributed by atoms with Crippen molar-refractivity contribution < 1.29 is 0 Å². The minimum Gasteiger partial charge on any atom is -0.355 e. The van der Waals surface area contributed by atoms with Crippen LogP contribution in [0, 0.1) is 0 Å². The standard InChI is InChI=1S/C14H25N5S/c1-20-14-11-13(16-12-17-14)19-8-4-7-18(9-10-19)6-3-2-5-15/h11-12H,2-10,15H2,1H3. The molecular formula is C14H25N5S. The summed E-state index contributed by atoms with van der Waals surface area (Å²) in [6.45, 7) is 6.40. The molecule has 112 valence electrons. The molecule has 1 aromatic rings. The third kappa shape index (κ3) is 4.61. The van der Waals surface area contributed by atoms with Crippen LogP contribution in [0.25, 0.3) is 0 Å². The molecule has 0 amide bonds. The van der Waals surface area contributed by atoms with Gasteiger partial charge in [0.1, 0.15) is 17.2 Å². The Balaban J connectivity index is 1.88. The van der Waals surface area contributed by atoms with Gasteiger partial charge in [0.25, 0.3) is 0 Å². The van der Waals surface area contributed by atoms with E-state index in [9.17, 15) is 0 Å². The van der Waals surface area contributed by atoms with Crippen LogP contribution in [0.3, 0.4) is 0 Å². The van der Waals surface area contributed by atoms with E-state index in [0.29, 0.717) is 0 Å². The van der Waals surface area contributed by atoms with Crippen LogP contribution in [0.1, 0.15) is 19.3 Å². The second-order valence-corrected chi connectivity index (χ2v) is 5.92. The summed E-state index contributed by atoms with van der Waals surface area (Å²) in [6, 6.07) is 2.09. The van der Waals surface area contributed by atoms with E-state index in [1.54, 1.807) is 18.1 Å². The second-order valence-electron chi connectivity index (χ2n) is 5.10. The Morgan fingerprint density at radius 1 is 1.20 bits per heavy atom. The van der Waals surface area contributed by atoms with E-state index in [1.165, 1.54) is 25.9 Å². The van der Waals surface area contributed by atoms with Crippen LogP contribution in [-0.4, -0.2) is 60.4 Å². The van der Waals surface area contributed by atoms with E-state index in [-0.39, 0.29) is 0 Å². The quantitative estimate of drug-likeness (QED) is 0.487. The Labute approximate surface area is 125 Å². The number of unbranched alkanes of at least 4 members (excludes halogenated alkanes) is 1. The van der Waals surface area contributed by atoms with E-state index in [4.69, 9.17) is 5.73 Å². The number of anilines is 1. The lowest BCUT2D eigenvalue weighted by Gasteiger charge is -2.22. The Morgan fingerprint density at radius 2 is 2.10 bits per heavy atom. The average molecular weight is 295 g/mol. The van der Waals surface area contributed by atoms with Crippen LogP contribution in [-0.2, 0) is 0 Å². The maximum Gasteiger partial charge on any atom is 0.133 e. The lowest BCUT2D eigenvalue weighted by atomic mass is 10.3. The van der Waals surface area contributed by atoms with Crippen molar-refractivity contribution >= 4 is 17.6 Å². The molecule has 0 saturated carbocycles. The molecule has 1 fully saturated rings. The van der Waals surface area contributed by atoms with E-state index in [2.05, 4.69) is 25.8 Å². The molecule has 1 aliphatic rings. The number of thioether (sulfide) groups is 1. The van der Waals surface area contributed by atoms with Crippen LogP contribution in [0.5, 0.6) is 0 Å². The molecule has 2 N–H and O–H groups in total. The smallest absolute Gasteiger partial charge is 0.133 e. The normalized spacial score (nSPS) is 17.2. The molecule has 0 bridgehead atoms. The van der Waals surface area contributed by atoms with Gasteiger partial charge in [0.15, 0.2) is 0 Å². The topological polar surface area (TPSA) is 58.3 Å². The molecule has 2 heterocycles. The lowest BCUT2D eigenvalue weighted by Crippen LogP contribution is -2.32. The molecule has 0 radical (unpaired) electrons. The van der Waals surface area contributed by atoms with Crippen LogP contribution in [0.15, 0.2) is 17.4 Å². The summed E-state index contributed by atoms with van der Waals surface area (Å²) in [7, 11) is 0. The number of nitrogens with two attached hydrogens (primary N) is 1. The van der Waals surface area contributed by atoms with Gasteiger partial charge in [-0.2, -0.15) is 0 Å². The van der Waals surface area contributed by atoms with Gasteiger partial charge in [-0.1, -0.05) is 0 Å². The first kappa shape index (κ1) is 15.5. The average Bonchev–Trinajstić information content (AvgIpc) is 2.73. The van der Waals surface area contributed by atoms with E-state index >= 15 is 0 Å². The molecule has 1 aliphatic heterocycles. The molecule has 5 nitrogen and oxygen atoms in total. The number of hydrogen-bond donors (Lipinski definition) is 1. The molecule has 20 heavy (non-hydrogen) atoms. The van der Waals surface area contributed by atoms with Gasteiger partial charge < -0.3 is 15.5 Å². The lowest BCUT2D eigenvalue weighted by molar-refractivity contribution is 0.288. The maximum atomic E-state index is 5.56. The third-order valence-electron chi connectivity index (χ3n) is 3.68. The van der Waals surface area contributed by atoms with Gasteiger partial charge in [-0.3, -0.25) is 0 Å². The zero-order valence-corrected chi connectivity index (χ0v) is 13.1. The van der Waals surface area contributed by atoms with Crippen molar-refractivity contribution in [3.8, 4) is 0 Å². The largest absolute Gasteiger partial charge is 0.355 e. The zero-order chi connectivity index (χ0) is 14.2. The first-order chi connectivity index (χ1) is 9.83. The predicted molar refractivity (Wildman–Crippen MR) is 85.4 cm³/mol. The predicted octanol–water partition coefficient (Wildman–Crippen LogP) is 1.45. The van der Waals surface area contributed by atoms with Gasteiger partial charge in [0.05, 0.1) is 0 Å². The van der Waals surface area contributed by atoms with E-state index < -0.39 is 0 Å². The van der Waals surface area contributed by atoms with Crippen molar-refractivity contribution in [1.29, 1.82) is 0 Å². The number of hydrogen-bond acceptors (Lipinski definition) is 6. The fourth-order valence-electron chi connectivity index (χ4n) is 2.52. The molecule has 0 spiro atoms. The van der Waals surface area contributed by atoms with Crippen LogP contribution in [0.2, 0.25) is 0 Å². The fraction of sp³-hybridized carbons (Fsp3) is 0.714. The van der Waals surface area contributed by atoms with E-state index in [1.807, 2.05) is 6.26 Å². The summed E-state index contributed by atoms with van der Waals surface area (Å²) in [5, 5.41) is 1.04. The molecular weight excluding hydrogens is 270 g/mol. The van der Waals surface area contributed by atoms with Gasteiger partial charge in [0.2, 0.25) is 0 Å². The summed E-state index contributed by atoms with van der Waals surface area (Å²) in [5.41, 5.74) is 5.56. The van der Waals surface area contributed by atoms with Crippen LogP contribution < -0.4 is 10.6 Å². The summed E-state index contributed by atoms with van der Waals surface area (Å²) in [5.74, 6) is 1.06. The van der Waals surface area contributed by atoms with Gasteiger partial charge in [-0.25, -0.2) is 9.97 Å². The summed E-state index contributed by atoms with van der Waals surface area (Å²) in [6.07, 6.45) is 7.25. The SMILES string of the molecule is CSc1cc(N2CCCN(CCCCN)CC2)ncn1. The highest BCUT2D eigenvalue weighted by Crippen LogP contribution is 2.18. The van der Waals surface area contributed by atoms with Crippen LogP contribution >= 0.6 is 11.8 Å². The Morgan fingerprint density at radius 3 is 2.90 bits per heavy atom. The summed E-state index contributed by atoms with van der Waals surface area (Å²) < 4.78 is 0. The number of aromatic nitrogens is 2. The van der Waals surface area contributed by atoms with Crippen LogP contribution in [0.4, 0.5) is 5.82 Å². The highest BCUT2D eigenvalue weighted by Gasteiger charge is 2.16. The molecule has 0 atom stereocenters. The Kier molecular flexibility index (Phi) is 6.56. The fourth-order valence-corrected chi connectivity index (χ4v) is 2.89. The molecule has 0 aliphatic carbocycles. The van der Waals surface area contributed by atoms with Gasteiger partial charge >= 0.3 is 0 Å². The molecule has 2 rings (SSSR count). The van der Waals surface area contributed by atoms with Gasteiger partial charge in [-0.15, -0.1) is 11.8 Å². The minimum atomic E-state index is 0.804. The molecule has 6 heteroatoms. The first-order valence-corrected chi connectivity index (χ1v) is 8.59. The first-order valence-electron chi connectivity index (χ1n) is 7.37. The maximum absolute atomic E-state index is 5.56. The molecule has 1 saturated heterocycles. The molecule has 1 aromatic heterocycles. The monoisotopic (exact) mass is 295 g/mol. The summed E-state index contributed by atoms with van der Waals surface area (Å²) in [4.78, 5) is 13.6. The highest BCUT2D eigenvalue weighted by molar-refractivity contribution is 7.98. The molecule has 0 aromatic carbocycles. The van der Waals surface area contributed by atoms with E-state index in [0.717, 1.165) is 43.4 Å². The minimum absolute atomic E-state index is 0.804. The highest BCUT2D eigenvalue weighted by atomic mass is 32.2. The second kappa shape index (κ2) is 8.44.